The lowest BCUT2D eigenvalue weighted by Crippen LogP contribution is -2.31. The molecule has 0 amide bonds. The van der Waals surface area contributed by atoms with Gasteiger partial charge in [0.25, 0.3) is 0 Å². The van der Waals surface area contributed by atoms with Crippen molar-refractivity contribution >= 4 is 22.6 Å². The van der Waals surface area contributed by atoms with Crippen LogP contribution in [0.3, 0.4) is 0 Å². The van der Waals surface area contributed by atoms with E-state index in [1.165, 1.54) is 19.4 Å². The lowest BCUT2D eigenvalue weighted by Gasteiger charge is -2.31. The van der Waals surface area contributed by atoms with Crippen molar-refractivity contribution in [3.63, 3.8) is 0 Å². The number of carboxylic acids is 1. The molecule has 6 nitrogen and oxygen atoms in total. The third-order valence-corrected chi connectivity index (χ3v) is 5.25. The fraction of sp³-hybridized carbons (Fsp3) is 0.474. The number of pyridine rings is 1. The van der Waals surface area contributed by atoms with Gasteiger partial charge in [-0.2, -0.15) is 0 Å². The number of anilines is 1. The summed E-state index contributed by atoms with van der Waals surface area (Å²) in [6.45, 7) is 1.47. The summed E-state index contributed by atoms with van der Waals surface area (Å²) in [5, 5.41) is 9.42. The van der Waals surface area contributed by atoms with Crippen molar-refractivity contribution in [1.82, 2.24) is 4.57 Å². The Morgan fingerprint density at radius 1 is 1.27 bits per heavy atom. The van der Waals surface area contributed by atoms with Gasteiger partial charge >= 0.3 is 5.97 Å². The number of benzene rings is 1. The predicted octanol–water partition coefficient (Wildman–Crippen LogP) is 3.17. The van der Waals surface area contributed by atoms with Crippen LogP contribution in [-0.4, -0.2) is 35.8 Å². The number of piperidine rings is 1. The van der Waals surface area contributed by atoms with E-state index in [9.17, 15) is 19.1 Å². The zero-order chi connectivity index (χ0) is 18.4. The van der Waals surface area contributed by atoms with E-state index in [0.29, 0.717) is 17.0 Å². The lowest BCUT2D eigenvalue weighted by molar-refractivity contribution is 0.0695. The van der Waals surface area contributed by atoms with E-state index in [-0.39, 0.29) is 17.0 Å². The molecule has 2 heterocycles. The second-order valence-corrected chi connectivity index (χ2v) is 7.00. The Balaban J connectivity index is 2.05. The largest absolute Gasteiger partial charge is 0.492 e. The molecular weight excluding hydrogens is 339 g/mol. The number of carbonyl (C=O) groups is 1. The van der Waals surface area contributed by atoms with Crippen LogP contribution >= 0.6 is 0 Å². The van der Waals surface area contributed by atoms with Crippen molar-refractivity contribution in [2.75, 3.05) is 25.1 Å². The first-order valence-electron chi connectivity index (χ1n) is 8.96. The standard InChI is InChI=1S/C19H21FN2O4/c1-26-18-15-12(9-14(20)16(18)21-7-3-2-4-8-21)17(23)13(19(24)25)10-22(15)11-5-6-11/h9-11H,2-8H2,1H3,(H,24,25). The van der Waals surface area contributed by atoms with E-state index in [0.717, 1.165) is 45.2 Å². The van der Waals surface area contributed by atoms with E-state index in [1.54, 1.807) is 4.57 Å². The fourth-order valence-electron chi connectivity index (χ4n) is 3.84. The highest BCUT2D eigenvalue weighted by Crippen LogP contribution is 2.44. The first kappa shape index (κ1) is 16.9. The molecule has 1 aliphatic heterocycles. The number of halogens is 1. The summed E-state index contributed by atoms with van der Waals surface area (Å²) in [6.07, 6.45) is 6.25. The van der Waals surface area contributed by atoms with Gasteiger partial charge in [-0.15, -0.1) is 0 Å². The number of fused-ring (bicyclic) bond motifs is 1. The average Bonchev–Trinajstić information content (AvgIpc) is 3.47. The quantitative estimate of drug-likeness (QED) is 0.907. The Kier molecular flexibility index (Phi) is 4.09. The molecule has 2 aliphatic rings. The number of rotatable bonds is 4. The molecule has 1 saturated carbocycles. The van der Waals surface area contributed by atoms with Crippen LogP contribution in [0.1, 0.15) is 48.5 Å². The summed E-state index contributed by atoms with van der Waals surface area (Å²) in [7, 11) is 1.47. The van der Waals surface area contributed by atoms with Gasteiger partial charge in [0.15, 0.2) is 11.6 Å². The number of aromatic carboxylic acids is 1. The second-order valence-electron chi connectivity index (χ2n) is 7.00. The van der Waals surface area contributed by atoms with Gasteiger partial charge in [0, 0.05) is 25.3 Å². The van der Waals surface area contributed by atoms with Crippen molar-refractivity contribution in [3.05, 3.63) is 33.9 Å². The smallest absolute Gasteiger partial charge is 0.341 e. The van der Waals surface area contributed by atoms with Crippen molar-refractivity contribution in [3.8, 4) is 5.75 Å². The molecule has 2 aromatic rings. The van der Waals surface area contributed by atoms with Crippen LogP contribution in [0.2, 0.25) is 0 Å². The summed E-state index contributed by atoms with van der Waals surface area (Å²) in [4.78, 5) is 26.1. The van der Waals surface area contributed by atoms with E-state index < -0.39 is 17.2 Å². The number of aromatic nitrogens is 1. The number of ether oxygens (including phenoxy) is 1. The van der Waals surface area contributed by atoms with Crippen LogP contribution in [0.5, 0.6) is 5.75 Å². The monoisotopic (exact) mass is 360 g/mol. The van der Waals surface area contributed by atoms with Crippen LogP contribution in [0.15, 0.2) is 17.1 Å². The molecule has 0 unspecified atom stereocenters. The van der Waals surface area contributed by atoms with Gasteiger partial charge < -0.3 is 19.3 Å². The molecule has 7 heteroatoms. The van der Waals surface area contributed by atoms with Gasteiger partial charge in [-0.1, -0.05) is 0 Å². The van der Waals surface area contributed by atoms with Crippen LogP contribution in [0.4, 0.5) is 10.1 Å². The molecule has 0 spiro atoms. The van der Waals surface area contributed by atoms with E-state index in [2.05, 4.69) is 0 Å². The fourth-order valence-corrected chi connectivity index (χ4v) is 3.84. The molecular formula is C19H21FN2O4. The molecule has 0 atom stereocenters. The highest BCUT2D eigenvalue weighted by molar-refractivity contribution is 5.97. The van der Waals surface area contributed by atoms with Crippen LogP contribution in [0, 0.1) is 5.82 Å². The molecule has 2 fully saturated rings. The summed E-state index contributed by atoms with van der Waals surface area (Å²) in [5.41, 5.74) is -0.146. The van der Waals surface area contributed by atoms with E-state index in [1.807, 2.05) is 4.90 Å². The van der Waals surface area contributed by atoms with Crippen molar-refractivity contribution in [2.24, 2.45) is 0 Å². The molecule has 1 saturated heterocycles. The summed E-state index contributed by atoms with van der Waals surface area (Å²) in [5.74, 6) is -1.52. The average molecular weight is 360 g/mol. The third kappa shape index (κ3) is 2.62. The molecule has 138 valence electrons. The first-order chi connectivity index (χ1) is 12.5. The summed E-state index contributed by atoms with van der Waals surface area (Å²) in [6, 6.07) is 1.29. The minimum Gasteiger partial charge on any atom is -0.492 e. The highest BCUT2D eigenvalue weighted by Gasteiger charge is 2.31. The van der Waals surface area contributed by atoms with Crippen LogP contribution < -0.4 is 15.1 Å². The molecule has 0 bridgehead atoms. The molecule has 4 rings (SSSR count). The minimum atomic E-state index is -1.30. The number of nitrogens with zero attached hydrogens (tertiary/aromatic N) is 2. The third-order valence-electron chi connectivity index (χ3n) is 5.25. The van der Waals surface area contributed by atoms with Crippen LogP contribution in [0.25, 0.3) is 10.9 Å². The lowest BCUT2D eigenvalue weighted by atomic mass is 10.1. The van der Waals surface area contributed by atoms with Crippen molar-refractivity contribution in [2.45, 2.75) is 38.1 Å². The highest BCUT2D eigenvalue weighted by atomic mass is 19.1. The molecule has 0 radical (unpaired) electrons. The molecule has 1 aromatic heterocycles. The van der Waals surface area contributed by atoms with Gasteiger partial charge in [-0.05, 0) is 38.2 Å². The maximum absolute atomic E-state index is 15.0. The summed E-state index contributed by atoms with van der Waals surface area (Å²) < 4.78 is 22.4. The molecule has 1 N–H and O–H groups in total. The zero-order valence-electron chi connectivity index (χ0n) is 14.6. The van der Waals surface area contributed by atoms with Gasteiger partial charge in [-0.3, -0.25) is 4.79 Å². The maximum Gasteiger partial charge on any atom is 0.341 e. The topological polar surface area (TPSA) is 71.8 Å². The summed E-state index contributed by atoms with van der Waals surface area (Å²) >= 11 is 0. The van der Waals surface area contributed by atoms with Gasteiger partial charge in [0.05, 0.1) is 18.0 Å². The van der Waals surface area contributed by atoms with Gasteiger partial charge in [0.2, 0.25) is 5.43 Å². The second kappa shape index (κ2) is 6.30. The number of methoxy groups -OCH3 is 1. The molecule has 1 aliphatic carbocycles. The number of hydrogen-bond donors (Lipinski definition) is 1. The van der Waals surface area contributed by atoms with Crippen molar-refractivity contribution < 1.29 is 19.0 Å². The Morgan fingerprint density at radius 3 is 2.54 bits per heavy atom. The Labute approximate surface area is 149 Å². The van der Waals surface area contributed by atoms with E-state index in [4.69, 9.17) is 4.74 Å². The molecule has 1 aromatic carbocycles. The Morgan fingerprint density at radius 2 is 1.96 bits per heavy atom. The number of carboxylic acid groups (broad SMARTS) is 1. The van der Waals surface area contributed by atoms with Crippen molar-refractivity contribution in [1.29, 1.82) is 0 Å². The SMILES string of the molecule is COc1c(N2CCCCC2)c(F)cc2c(=O)c(C(=O)O)cn(C3CC3)c12. The first-order valence-corrected chi connectivity index (χ1v) is 8.96. The predicted molar refractivity (Wildman–Crippen MR) is 96.0 cm³/mol. The normalized spacial score (nSPS) is 17.5. The van der Waals surface area contributed by atoms with Crippen LogP contribution in [-0.2, 0) is 0 Å². The maximum atomic E-state index is 15.0. The zero-order valence-corrected chi connectivity index (χ0v) is 14.6. The van der Waals surface area contributed by atoms with E-state index >= 15 is 0 Å². The van der Waals surface area contributed by atoms with Gasteiger partial charge in [-0.25, -0.2) is 9.18 Å². The minimum absolute atomic E-state index is 0.0620. The van der Waals surface area contributed by atoms with Gasteiger partial charge in [0.1, 0.15) is 11.3 Å². The molecule has 26 heavy (non-hydrogen) atoms. The Hall–Kier alpha value is -2.57. The Bertz CT molecular complexity index is 943. The number of hydrogen-bond acceptors (Lipinski definition) is 4.